The molecule has 26 heavy (non-hydrogen) atoms. The first-order chi connectivity index (χ1) is 12.5. The lowest BCUT2D eigenvalue weighted by atomic mass is 9.83. The number of carbonyl (C=O) groups excluding carboxylic acids is 2. The molecule has 2 saturated heterocycles. The van der Waals surface area contributed by atoms with Crippen LogP contribution < -0.4 is 10.6 Å². The lowest BCUT2D eigenvalue weighted by molar-refractivity contribution is -0.124. The van der Waals surface area contributed by atoms with Gasteiger partial charge in [0.2, 0.25) is 11.8 Å². The number of fused-ring (bicyclic) bond motifs is 1. The van der Waals surface area contributed by atoms with E-state index in [2.05, 4.69) is 15.5 Å². The van der Waals surface area contributed by atoms with E-state index in [-0.39, 0.29) is 17.7 Å². The van der Waals surface area contributed by atoms with E-state index in [1.165, 1.54) is 12.8 Å². The van der Waals surface area contributed by atoms with Crippen molar-refractivity contribution in [2.75, 3.05) is 44.4 Å². The Morgan fingerprint density at radius 2 is 1.65 bits per heavy atom. The monoisotopic (exact) mass is 358 g/mol. The Balaban J connectivity index is 1.56. The maximum Gasteiger partial charge on any atom is 0.238 e. The molecule has 6 nitrogen and oxygen atoms in total. The second-order valence-electron chi connectivity index (χ2n) is 7.70. The number of piperidine rings is 2. The zero-order valence-corrected chi connectivity index (χ0v) is 15.8. The molecule has 0 saturated carbocycles. The second kappa shape index (κ2) is 8.64. The van der Waals surface area contributed by atoms with Crippen LogP contribution in [-0.4, -0.2) is 61.4 Å². The van der Waals surface area contributed by atoms with Crippen molar-refractivity contribution in [2.24, 2.45) is 5.92 Å². The van der Waals surface area contributed by atoms with Crippen LogP contribution in [0.1, 0.15) is 32.1 Å². The molecule has 2 N–H and O–H groups in total. The van der Waals surface area contributed by atoms with Crippen LogP contribution in [0.5, 0.6) is 0 Å². The third kappa shape index (κ3) is 4.83. The third-order valence-corrected chi connectivity index (χ3v) is 5.32. The van der Waals surface area contributed by atoms with Crippen molar-refractivity contribution in [1.29, 1.82) is 0 Å². The number of amides is 2. The number of hydrogen-bond donors (Lipinski definition) is 2. The maximum absolute atomic E-state index is 12.8. The minimum Gasteiger partial charge on any atom is -0.326 e. The number of likely N-dealkylation sites (N-methyl/N-ethyl adjacent to an activating group) is 1. The van der Waals surface area contributed by atoms with E-state index in [1.54, 1.807) is 0 Å². The molecule has 142 valence electrons. The SMILES string of the molecule is CN(C)CC(=O)Nc1ccc(NC(=O)[C@@H]2CCCN3CCCC[C@H]23)cc1. The maximum atomic E-state index is 12.8. The fraction of sp³-hybridized carbons (Fsp3) is 0.600. The molecule has 0 radical (unpaired) electrons. The van der Waals surface area contributed by atoms with Gasteiger partial charge in [0.05, 0.1) is 12.5 Å². The van der Waals surface area contributed by atoms with E-state index in [0.29, 0.717) is 12.6 Å². The third-order valence-electron chi connectivity index (χ3n) is 5.32. The van der Waals surface area contributed by atoms with Gasteiger partial charge >= 0.3 is 0 Å². The lowest BCUT2D eigenvalue weighted by Crippen LogP contribution is -2.51. The smallest absolute Gasteiger partial charge is 0.238 e. The first kappa shape index (κ1) is 18.9. The Morgan fingerprint density at radius 3 is 2.35 bits per heavy atom. The van der Waals surface area contributed by atoms with Crippen LogP contribution in [0.2, 0.25) is 0 Å². The summed E-state index contributed by atoms with van der Waals surface area (Å²) in [6.45, 7) is 2.61. The summed E-state index contributed by atoms with van der Waals surface area (Å²) in [4.78, 5) is 28.9. The van der Waals surface area contributed by atoms with Crippen molar-refractivity contribution >= 4 is 23.2 Å². The van der Waals surface area contributed by atoms with E-state index < -0.39 is 0 Å². The van der Waals surface area contributed by atoms with Crippen molar-refractivity contribution in [3.63, 3.8) is 0 Å². The molecular weight excluding hydrogens is 328 g/mol. The van der Waals surface area contributed by atoms with Gasteiger partial charge in [0, 0.05) is 17.4 Å². The summed E-state index contributed by atoms with van der Waals surface area (Å²) in [5, 5.41) is 5.93. The first-order valence-corrected chi connectivity index (χ1v) is 9.62. The quantitative estimate of drug-likeness (QED) is 0.848. The molecule has 2 heterocycles. The predicted octanol–water partition coefficient (Wildman–Crippen LogP) is 2.39. The van der Waals surface area contributed by atoms with Gasteiger partial charge in [-0.3, -0.25) is 14.5 Å². The molecule has 1 aromatic rings. The molecule has 0 bridgehead atoms. The number of nitrogens with zero attached hydrogens (tertiary/aromatic N) is 2. The number of rotatable bonds is 5. The highest BCUT2D eigenvalue weighted by Gasteiger charge is 2.36. The molecule has 0 spiro atoms. The molecule has 0 aliphatic carbocycles. The Kier molecular flexibility index (Phi) is 6.27. The van der Waals surface area contributed by atoms with Crippen LogP contribution in [-0.2, 0) is 9.59 Å². The number of anilines is 2. The van der Waals surface area contributed by atoms with Gasteiger partial charge in [0.15, 0.2) is 0 Å². The molecule has 2 aliphatic rings. The molecule has 0 unspecified atom stereocenters. The fourth-order valence-electron chi connectivity index (χ4n) is 4.12. The zero-order chi connectivity index (χ0) is 18.5. The zero-order valence-electron chi connectivity index (χ0n) is 15.8. The van der Waals surface area contributed by atoms with Crippen LogP contribution in [0, 0.1) is 5.92 Å². The minimum atomic E-state index is -0.0496. The van der Waals surface area contributed by atoms with Crippen molar-refractivity contribution in [2.45, 2.75) is 38.1 Å². The topological polar surface area (TPSA) is 64.7 Å². The number of carbonyl (C=O) groups is 2. The lowest BCUT2D eigenvalue weighted by Gasteiger charge is -2.43. The van der Waals surface area contributed by atoms with Crippen molar-refractivity contribution in [3.8, 4) is 0 Å². The standard InChI is InChI=1S/C20H30N4O2/c1-23(2)14-19(25)21-15-8-10-16(11-9-15)22-20(26)17-6-5-13-24-12-4-3-7-18(17)24/h8-11,17-18H,3-7,12-14H2,1-2H3,(H,21,25)(H,22,26)/t17-,18-/m1/s1. The van der Waals surface area contributed by atoms with Crippen LogP contribution in [0.25, 0.3) is 0 Å². The fourth-order valence-corrected chi connectivity index (χ4v) is 4.12. The van der Waals surface area contributed by atoms with Gasteiger partial charge < -0.3 is 15.5 Å². The van der Waals surface area contributed by atoms with Gasteiger partial charge in [0.25, 0.3) is 0 Å². The second-order valence-corrected chi connectivity index (χ2v) is 7.70. The highest BCUT2D eigenvalue weighted by Crippen LogP contribution is 2.31. The average Bonchev–Trinajstić information content (AvgIpc) is 2.62. The van der Waals surface area contributed by atoms with Gasteiger partial charge in [-0.25, -0.2) is 0 Å². The van der Waals surface area contributed by atoms with Gasteiger partial charge in [-0.05, 0) is 77.1 Å². The summed E-state index contributed by atoms with van der Waals surface area (Å²) >= 11 is 0. The van der Waals surface area contributed by atoms with E-state index in [1.807, 2.05) is 43.3 Å². The van der Waals surface area contributed by atoms with Crippen LogP contribution in [0.15, 0.2) is 24.3 Å². The first-order valence-electron chi connectivity index (χ1n) is 9.62. The number of hydrogen-bond acceptors (Lipinski definition) is 4. The summed E-state index contributed by atoms with van der Waals surface area (Å²) < 4.78 is 0. The Labute approximate surface area is 155 Å². The Morgan fingerprint density at radius 1 is 1.00 bits per heavy atom. The van der Waals surface area contributed by atoms with Crippen molar-refractivity contribution in [1.82, 2.24) is 9.80 Å². The molecule has 0 aromatic heterocycles. The van der Waals surface area contributed by atoms with Crippen LogP contribution in [0.4, 0.5) is 11.4 Å². The minimum absolute atomic E-state index is 0.0496. The number of benzene rings is 1. The van der Waals surface area contributed by atoms with E-state index >= 15 is 0 Å². The Hall–Kier alpha value is -1.92. The summed E-state index contributed by atoms with van der Waals surface area (Å²) in [6.07, 6.45) is 5.70. The molecule has 3 rings (SSSR count). The van der Waals surface area contributed by atoms with Gasteiger partial charge in [0.1, 0.15) is 0 Å². The summed E-state index contributed by atoms with van der Waals surface area (Å²) in [5.41, 5.74) is 1.53. The molecular formula is C20H30N4O2. The van der Waals surface area contributed by atoms with E-state index in [0.717, 1.165) is 43.7 Å². The summed E-state index contributed by atoms with van der Waals surface area (Å²) in [5.74, 6) is 0.167. The van der Waals surface area contributed by atoms with Gasteiger partial charge in [-0.1, -0.05) is 6.42 Å². The highest BCUT2D eigenvalue weighted by molar-refractivity contribution is 5.94. The normalized spacial score (nSPS) is 23.3. The highest BCUT2D eigenvalue weighted by atomic mass is 16.2. The molecule has 2 atom stereocenters. The van der Waals surface area contributed by atoms with Crippen molar-refractivity contribution in [3.05, 3.63) is 24.3 Å². The van der Waals surface area contributed by atoms with Crippen LogP contribution in [0.3, 0.4) is 0 Å². The van der Waals surface area contributed by atoms with Gasteiger partial charge in [-0.15, -0.1) is 0 Å². The molecule has 2 fully saturated rings. The molecule has 2 aliphatic heterocycles. The summed E-state index contributed by atoms with van der Waals surface area (Å²) in [7, 11) is 3.72. The molecule has 2 amide bonds. The molecule has 1 aromatic carbocycles. The predicted molar refractivity (Wildman–Crippen MR) is 104 cm³/mol. The Bertz CT molecular complexity index is 627. The van der Waals surface area contributed by atoms with Crippen LogP contribution >= 0.6 is 0 Å². The van der Waals surface area contributed by atoms with Crippen molar-refractivity contribution < 1.29 is 9.59 Å². The van der Waals surface area contributed by atoms with E-state index in [4.69, 9.17) is 0 Å². The molecule has 6 heteroatoms. The van der Waals surface area contributed by atoms with E-state index in [9.17, 15) is 9.59 Å². The summed E-state index contributed by atoms with van der Waals surface area (Å²) in [6, 6.07) is 7.77. The average molecular weight is 358 g/mol. The number of nitrogens with one attached hydrogen (secondary N) is 2. The largest absolute Gasteiger partial charge is 0.326 e. The van der Waals surface area contributed by atoms with Gasteiger partial charge in [-0.2, -0.15) is 0 Å².